The molecule has 7 heteroatoms. The van der Waals surface area contributed by atoms with Crippen LogP contribution in [-0.4, -0.2) is 52.8 Å². The number of aryl methyl sites for hydroxylation is 1. The van der Waals surface area contributed by atoms with Crippen LogP contribution < -0.4 is 0 Å². The van der Waals surface area contributed by atoms with Crippen molar-refractivity contribution in [3.05, 3.63) is 50.2 Å². The van der Waals surface area contributed by atoms with Crippen LogP contribution in [0.5, 0.6) is 0 Å². The molecule has 0 spiro atoms. The van der Waals surface area contributed by atoms with Crippen molar-refractivity contribution in [2.75, 3.05) is 33.2 Å². The lowest BCUT2D eigenvalue weighted by Crippen LogP contribution is -2.43. The minimum absolute atomic E-state index is 0.473. The second kappa shape index (κ2) is 7.63. The van der Waals surface area contributed by atoms with Crippen LogP contribution in [0, 0.1) is 6.92 Å². The minimum Gasteiger partial charge on any atom is -0.304 e. The average molecular weight is 388 g/mol. The van der Waals surface area contributed by atoms with Crippen molar-refractivity contribution in [2.45, 2.75) is 20.0 Å². The average Bonchev–Trinajstić information content (AvgIpc) is 2.80. The van der Waals surface area contributed by atoms with Crippen molar-refractivity contribution in [2.24, 2.45) is 0 Å². The van der Waals surface area contributed by atoms with Crippen LogP contribution in [0.3, 0.4) is 0 Å². The van der Waals surface area contributed by atoms with Crippen molar-refractivity contribution in [3.63, 3.8) is 0 Å². The van der Waals surface area contributed by atoms with Crippen LogP contribution in [-0.2, 0) is 13.1 Å². The fourth-order valence-electron chi connectivity index (χ4n) is 2.94. The lowest BCUT2D eigenvalue weighted by molar-refractivity contribution is 0.148. The standard InChI is InChI=1S/C17H21Cl3N4/c1-12-13(10-23-8-6-22(2)7-9-23)17(20)24(21-12)11-14-15(18)4-3-5-16(14)19/h3-5H,6-11H2,1-2H3. The molecule has 24 heavy (non-hydrogen) atoms. The van der Waals surface area contributed by atoms with Gasteiger partial charge in [0.1, 0.15) is 5.15 Å². The topological polar surface area (TPSA) is 24.3 Å². The maximum atomic E-state index is 6.61. The molecule has 0 radical (unpaired) electrons. The molecular formula is C17H21Cl3N4. The SMILES string of the molecule is Cc1nn(Cc2c(Cl)cccc2Cl)c(Cl)c1CN1CCN(C)CC1. The Hall–Kier alpha value is -0.780. The first-order valence-electron chi connectivity index (χ1n) is 8.01. The Balaban J connectivity index is 1.79. The highest BCUT2D eigenvalue weighted by Gasteiger charge is 2.20. The molecule has 0 unspecified atom stereocenters. The summed E-state index contributed by atoms with van der Waals surface area (Å²) in [5.41, 5.74) is 2.89. The first kappa shape index (κ1) is 18.0. The summed E-state index contributed by atoms with van der Waals surface area (Å²) in [5, 5.41) is 6.53. The quantitative estimate of drug-likeness (QED) is 0.794. The molecule has 0 saturated carbocycles. The summed E-state index contributed by atoms with van der Waals surface area (Å²) in [6, 6.07) is 5.50. The van der Waals surface area contributed by atoms with E-state index < -0.39 is 0 Å². The maximum Gasteiger partial charge on any atom is 0.132 e. The number of likely N-dealkylation sites (N-methyl/N-ethyl adjacent to an activating group) is 1. The van der Waals surface area contributed by atoms with Crippen LogP contribution >= 0.6 is 34.8 Å². The largest absolute Gasteiger partial charge is 0.304 e. The monoisotopic (exact) mass is 386 g/mol. The lowest BCUT2D eigenvalue weighted by Gasteiger charge is -2.32. The summed E-state index contributed by atoms with van der Waals surface area (Å²) < 4.78 is 1.79. The van der Waals surface area contributed by atoms with Gasteiger partial charge >= 0.3 is 0 Å². The van der Waals surface area contributed by atoms with E-state index in [1.54, 1.807) is 4.68 Å². The first-order valence-corrected chi connectivity index (χ1v) is 9.14. The van der Waals surface area contributed by atoms with Gasteiger partial charge in [-0.3, -0.25) is 4.90 Å². The zero-order valence-corrected chi connectivity index (χ0v) is 16.2. The second-order valence-electron chi connectivity index (χ2n) is 6.29. The van der Waals surface area contributed by atoms with Crippen molar-refractivity contribution >= 4 is 34.8 Å². The third-order valence-corrected chi connectivity index (χ3v) is 5.66. The van der Waals surface area contributed by atoms with Gasteiger partial charge in [0.2, 0.25) is 0 Å². The molecule has 1 fully saturated rings. The van der Waals surface area contributed by atoms with Gasteiger partial charge in [0.25, 0.3) is 0 Å². The molecule has 1 aromatic heterocycles. The summed E-state index contributed by atoms with van der Waals surface area (Å²) >= 11 is 19.1. The molecule has 1 aromatic carbocycles. The Morgan fingerprint density at radius 1 is 0.958 bits per heavy atom. The predicted octanol–water partition coefficient (Wildman–Crippen LogP) is 3.95. The van der Waals surface area contributed by atoms with Crippen molar-refractivity contribution in [1.29, 1.82) is 0 Å². The highest BCUT2D eigenvalue weighted by atomic mass is 35.5. The van der Waals surface area contributed by atoms with E-state index in [4.69, 9.17) is 34.8 Å². The van der Waals surface area contributed by atoms with Crippen LogP contribution in [0.25, 0.3) is 0 Å². The predicted molar refractivity (Wildman–Crippen MR) is 100 cm³/mol. The smallest absolute Gasteiger partial charge is 0.132 e. The second-order valence-corrected chi connectivity index (χ2v) is 7.46. The number of halogens is 3. The van der Waals surface area contributed by atoms with Gasteiger partial charge in [-0.15, -0.1) is 0 Å². The van der Waals surface area contributed by atoms with E-state index >= 15 is 0 Å². The molecule has 0 amide bonds. The van der Waals surface area contributed by atoms with Gasteiger partial charge in [-0.25, -0.2) is 4.68 Å². The van der Waals surface area contributed by atoms with Gasteiger partial charge in [-0.05, 0) is 26.1 Å². The molecule has 2 aromatic rings. The van der Waals surface area contributed by atoms with Gasteiger partial charge in [0.15, 0.2) is 0 Å². The maximum absolute atomic E-state index is 6.61. The van der Waals surface area contributed by atoms with Crippen molar-refractivity contribution < 1.29 is 0 Å². The van der Waals surface area contributed by atoms with E-state index in [0.717, 1.165) is 49.5 Å². The lowest BCUT2D eigenvalue weighted by atomic mass is 10.2. The van der Waals surface area contributed by atoms with Gasteiger partial charge in [-0.2, -0.15) is 5.10 Å². The summed E-state index contributed by atoms with van der Waals surface area (Å²) in [7, 11) is 2.15. The van der Waals surface area contributed by atoms with E-state index in [1.807, 2.05) is 25.1 Å². The third kappa shape index (κ3) is 3.89. The number of hydrogen-bond acceptors (Lipinski definition) is 3. The number of nitrogens with zero attached hydrogens (tertiary/aromatic N) is 4. The Bertz CT molecular complexity index is 701. The van der Waals surface area contributed by atoms with E-state index in [0.29, 0.717) is 21.7 Å². The zero-order chi connectivity index (χ0) is 17.3. The summed E-state index contributed by atoms with van der Waals surface area (Å²) in [5.74, 6) is 0. The molecule has 3 rings (SSSR count). The van der Waals surface area contributed by atoms with Crippen LogP contribution in [0.4, 0.5) is 0 Å². The molecule has 1 aliphatic heterocycles. The number of rotatable bonds is 4. The molecule has 2 heterocycles. The van der Waals surface area contributed by atoms with E-state index in [9.17, 15) is 0 Å². The summed E-state index contributed by atoms with van der Waals surface area (Å²) in [4.78, 5) is 4.76. The molecule has 1 aliphatic rings. The minimum atomic E-state index is 0.473. The van der Waals surface area contributed by atoms with Crippen molar-refractivity contribution in [3.8, 4) is 0 Å². The molecule has 0 atom stereocenters. The van der Waals surface area contributed by atoms with Crippen LogP contribution in [0.15, 0.2) is 18.2 Å². The molecule has 4 nitrogen and oxygen atoms in total. The number of piperazine rings is 1. The Kier molecular flexibility index (Phi) is 5.73. The fourth-order valence-corrected chi connectivity index (χ4v) is 3.75. The molecule has 0 N–H and O–H groups in total. The van der Waals surface area contributed by atoms with Gasteiger partial charge < -0.3 is 4.90 Å². The van der Waals surface area contributed by atoms with E-state index in [-0.39, 0.29) is 0 Å². The highest BCUT2D eigenvalue weighted by Crippen LogP contribution is 2.28. The van der Waals surface area contributed by atoms with Crippen LogP contribution in [0.1, 0.15) is 16.8 Å². The summed E-state index contributed by atoms with van der Waals surface area (Å²) in [6.45, 7) is 7.57. The highest BCUT2D eigenvalue weighted by molar-refractivity contribution is 6.36. The molecular weight excluding hydrogens is 367 g/mol. The third-order valence-electron chi connectivity index (χ3n) is 4.53. The number of benzene rings is 1. The van der Waals surface area contributed by atoms with Gasteiger partial charge in [-0.1, -0.05) is 40.9 Å². The first-order chi connectivity index (χ1) is 11.5. The molecule has 1 saturated heterocycles. The van der Waals surface area contributed by atoms with Crippen LogP contribution in [0.2, 0.25) is 15.2 Å². The Labute approximate surface area is 157 Å². The van der Waals surface area contributed by atoms with E-state index in [2.05, 4.69) is 21.9 Å². The van der Waals surface area contributed by atoms with Gasteiger partial charge in [0.05, 0.1) is 12.2 Å². The summed E-state index contributed by atoms with van der Waals surface area (Å²) in [6.07, 6.45) is 0. The normalized spacial score (nSPS) is 16.7. The number of aromatic nitrogens is 2. The Morgan fingerprint density at radius 2 is 1.58 bits per heavy atom. The van der Waals surface area contributed by atoms with Crippen molar-refractivity contribution in [1.82, 2.24) is 19.6 Å². The molecule has 130 valence electrons. The Morgan fingerprint density at radius 3 is 2.21 bits per heavy atom. The van der Waals surface area contributed by atoms with E-state index in [1.165, 1.54) is 0 Å². The molecule has 0 bridgehead atoms. The molecule has 0 aliphatic carbocycles. The zero-order valence-electron chi connectivity index (χ0n) is 13.9. The number of hydrogen-bond donors (Lipinski definition) is 0. The van der Waals surface area contributed by atoms with Gasteiger partial charge in [0, 0.05) is 53.9 Å². The fraction of sp³-hybridized carbons (Fsp3) is 0.471.